The van der Waals surface area contributed by atoms with Crippen molar-refractivity contribution in [1.29, 1.82) is 0 Å². The highest BCUT2D eigenvalue weighted by Gasteiger charge is 2.21. The number of hydrogen-bond acceptors (Lipinski definition) is 2. The van der Waals surface area contributed by atoms with E-state index < -0.39 is 0 Å². The van der Waals surface area contributed by atoms with Gasteiger partial charge in [-0.05, 0) is 53.6 Å². The summed E-state index contributed by atoms with van der Waals surface area (Å²) in [6.45, 7) is 2.33. The average molecular weight is 336 g/mol. The Morgan fingerprint density at radius 1 is 1.16 bits per heavy atom. The minimum absolute atomic E-state index is 0.603. The lowest BCUT2D eigenvalue weighted by molar-refractivity contribution is 0.617. The van der Waals surface area contributed by atoms with E-state index in [2.05, 4.69) is 76.3 Å². The Kier molecular flexibility index (Phi) is 4.04. The van der Waals surface area contributed by atoms with Crippen LogP contribution in [0.3, 0.4) is 0 Å². The molecule has 0 amide bonds. The fraction of sp³-hybridized carbons (Fsp3) is 0.375. The van der Waals surface area contributed by atoms with Crippen molar-refractivity contribution >= 4 is 44.2 Å². The van der Waals surface area contributed by atoms with Crippen LogP contribution in [-0.4, -0.2) is 17.0 Å². The third kappa shape index (κ3) is 3.09. The first-order valence-electron chi connectivity index (χ1n) is 6.80. The van der Waals surface area contributed by atoms with Gasteiger partial charge in [-0.3, -0.25) is 0 Å². The first-order valence-corrected chi connectivity index (χ1v) is 8.64. The molecule has 3 heteroatoms. The zero-order valence-corrected chi connectivity index (χ0v) is 13.4. The van der Waals surface area contributed by atoms with Gasteiger partial charge in [-0.25, -0.2) is 0 Å². The second-order valence-electron chi connectivity index (χ2n) is 5.18. The van der Waals surface area contributed by atoms with Gasteiger partial charge in [-0.2, -0.15) is 11.8 Å². The molecule has 0 spiro atoms. The fourth-order valence-electron chi connectivity index (χ4n) is 2.63. The lowest BCUT2D eigenvalue weighted by Crippen LogP contribution is -2.32. The average Bonchev–Trinajstić information content (AvgIpc) is 2.41. The molecule has 3 rings (SSSR count). The van der Waals surface area contributed by atoms with Crippen molar-refractivity contribution in [1.82, 2.24) is 0 Å². The molecule has 0 aliphatic carbocycles. The van der Waals surface area contributed by atoms with Crippen molar-refractivity contribution in [3.8, 4) is 0 Å². The first-order chi connectivity index (χ1) is 9.22. The highest BCUT2D eigenvalue weighted by atomic mass is 79.9. The Morgan fingerprint density at radius 2 is 1.95 bits per heavy atom. The SMILES string of the molecule is CC1SCCCC1Nc1ccc2cc(Br)ccc2c1. The van der Waals surface area contributed by atoms with E-state index in [0.717, 1.165) is 4.47 Å². The van der Waals surface area contributed by atoms with Gasteiger partial charge in [-0.1, -0.05) is 35.0 Å². The van der Waals surface area contributed by atoms with E-state index in [1.54, 1.807) is 0 Å². The first kappa shape index (κ1) is 13.3. The summed E-state index contributed by atoms with van der Waals surface area (Å²) >= 11 is 5.60. The summed E-state index contributed by atoms with van der Waals surface area (Å²) in [6.07, 6.45) is 2.61. The summed E-state index contributed by atoms with van der Waals surface area (Å²) in [6, 6.07) is 13.7. The molecule has 0 radical (unpaired) electrons. The van der Waals surface area contributed by atoms with Crippen LogP contribution in [0, 0.1) is 0 Å². The maximum Gasteiger partial charge on any atom is 0.0377 e. The van der Waals surface area contributed by atoms with Crippen molar-refractivity contribution in [2.75, 3.05) is 11.1 Å². The number of halogens is 1. The minimum Gasteiger partial charge on any atom is -0.381 e. The Morgan fingerprint density at radius 3 is 2.79 bits per heavy atom. The summed E-state index contributed by atoms with van der Waals surface area (Å²) in [5.41, 5.74) is 1.24. The Balaban J connectivity index is 1.83. The van der Waals surface area contributed by atoms with Gasteiger partial charge < -0.3 is 5.32 Å². The highest BCUT2D eigenvalue weighted by Crippen LogP contribution is 2.29. The van der Waals surface area contributed by atoms with Crippen LogP contribution in [0.25, 0.3) is 10.8 Å². The number of fused-ring (bicyclic) bond motifs is 1. The summed E-state index contributed by atoms with van der Waals surface area (Å²) < 4.78 is 1.14. The van der Waals surface area contributed by atoms with E-state index in [9.17, 15) is 0 Å². The zero-order chi connectivity index (χ0) is 13.2. The van der Waals surface area contributed by atoms with Crippen molar-refractivity contribution in [3.05, 3.63) is 40.9 Å². The molecule has 1 aliphatic rings. The van der Waals surface area contributed by atoms with E-state index in [1.165, 1.54) is 35.1 Å². The van der Waals surface area contributed by atoms with Crippen LogP contribution in [0.2, 0.25) is 0 Å². The van der Waals surface area contributed by atoms with E-state index in [0.29, 0.717) is 11.3 Å². The van der Waals surface area contributed by atoms with Crippen LogP contribution in [0.1, 0.15) is 19.8 Å². The molecule has 0 bridgehead atoms. The van der Waals surface area contributed by atoms with Crippen molar-refractivity contribution in [2.45, 2.75) is 31.1 Å². The fourth-order valence-corrected chi connectivity index (χ4v) is 4.15. The van der Waals surface area contributed by atoms with Gasteiger partial charge in [0.2, 0.25) is 0 Å². The monoisotopic (exact) mass is 335 g/mol. The predicted octanol–water partition coefficient (Wildman–Crippen LogP) is 5.30. The Hall–Kier alpha value is -0.670. The standard InChI is InChI=1S/C16H18BrNS/c1-11-16(3-2-8-19-11)18-15-7-5-12-9-14(17)6-4-13(12)10-15/h4-7,9-11,16,18H,2-3,8H2,1H3. The molecule has 1 saturated heterocycles. The van der Waals surface area contributed by atoms with Gasteiger partial charge in [0, 0.05) is 21.5 Å². The van der Waals surface area contributed by atoms with Crippen LogP contribution in [-0.2, 0) is 0 Å². The van der Waals surface area contributed by atoms with E-state index in [4.69, 9.17) is 0 Å². The van der Waals surface area contributed by atoms with E-state index >= 15 is 0 Å². The van der Waals surface area contributed by atoms with Crippen LogP contribution < -0.4 is 5.32 Å². The quantitative estimate of drug-likeness (QED) is 0.799. The smallest absolute Gasteiger partial charge is 0.0377 e. The van der Waals surface area contributed by atoms with Gasteiger partial charge in [0.25, 0.3) is 0 Å². The third-order valence-corrected chi connectivity index (χ3v) is 5.63. The number of rotatable bonds is 2. The molecule has 1 nitrogen and oxygen atoms in total. The highest BCUT2D eigenvalue weighted by molar-refractivity contribution is 9.10. The van der Waals surface area contributed by atoms with E-state index in [-0.39, 0.29) is 0 Å². The third-order valence-electron chi connectivity index (χ3n) is 3.76. The van der Waals surface area contributed by atoms with E-state index in [1.807, 2.05) is 0 Å². The number of nitrogens with one attached hydrogen (secondary N) is 1. The van der Waals surface area contributed by atoms with Gasteiger partial charge in [0.15, 0.2) is 0 Å². The Labute approximate surface area is 127 Å². The maximum absolute atomic E-state index is 3.70. The number of hydrogen-bond donors (Lipinski definition) is 1. The summed E-state index contributed by atoms with van der Waals surface area (Å²) in [5, 5.41) is 6.99. The van der Waals surface area contributed by atoms with Gasteiger partial charge in [0.05, 0.1) is 0 Å². The van der Waals surface area contributed by atoms with Crippen molar-refractivity contribution in [3.63, 3.8) is 0 Å². The summed E-state index contributed by atoms with van der Waals surface area (Å²) in [5.74, 6) is 1.31. The number of thioether (sulfide) groups is 1. The molecule has 0 saturated carbocycles. The maximum atomic E-state index is 3.70. The summed E-state index contributed by atoms with van der Waals surface area (Å²) in [7, 11) is 0. The lowest BCUT2D eigenvalue weighted by Gasteiger charge is -2.30. The van der Waals surface area contributed by atoms with Crippen LogP contribution in [0.5, 0.6) is 0 Å². The largest absolute Gasteiger partial charge is 0.381 e. The van der Waals surface area contributed by atoms with Gasteiger partial charge in [-0.15, -0.1) is 0 Å². The molecule has 100 valence electrons. The summed E-state index contributed by atoms with van der Waals surface area (Å²) in [4.78, 5) is 0. The van der Waals surface area contributed by atoms with Crippen LogP contribution in [0.4, 0.5) is 5.69 Å². The number of anilines is 1. The topological polar surface area (TPSA) is 12.0 Å². The number of benzene rings is 2. The van der Waals surface area contributed by atoms with Crippen molar-refractivity contribution < 1.29 is 0 Å². The molecule has 1 N–H and O–H groups in total. The molecule has 1 aliphatic heterocycles. The van der Waals surface area contributed by atoms with Crippen LogP contribution in [0.15, 0.2) is 40.9 Å². The second-order valence-corrected chi connectivity index (χ2v) is 7.58. The molecule has 2 unspecified atom stereocenters. The molecule has 1 fully saturated rings. The molecule has 2 aromatic carbocycles. The Bertz CT molecular complexity index is 584. The second kappa shape index (κ2) is 5.76. The zero-order valence-electron chi connectivity index (χ0n) is 11.0. The molecule has 2 aromatic rings. The molecule has 19 heavy (non-hydrogen) atoms. The normalized spacial score (nSPS) is 23.5. The van der Waals surface area contributed by atoms with Crippen LogP contribution >= 0.6 is 27.7 Å². The lowest BCUT2D eigenvalue weighted by atomic mass is 10.1. The molecule has 1 heterocycles. The minimum atomic E-state index is 0.603. The van der Waals surface area contributed by atoms with Crippen molar-refractivity contribution in [2.24, 2.45) is 0 Å². The molecule has 2 atom stereocenters. The predicted molar refractivity (Wildman–Crippen MR) is 90.2 cm³/mol. The van der Waals surface area contributed by atoms with Gasteiger partial charge >= 0.3 is 0 Å². The molecular formula is C16H18BrNS. The molecular weight excluding hydrogens is 318 g/mol. The van der Waals surface area contributed by atoms with Gasteiger partial charge in [0.1, 0.15) is 0 Å². The molecule has 0 aromatic heterocycles.